The van der Waals surface area contributed by atoms with E-state index in [1.54, 1.807) is 42.8 Å². The van der Waals surface area contributed by atoms with Crippen molar-refractivity contribution < 1.29 is 19.4 Å². The predicted octanol–water partition coefficient (Wildman–Crippen LogP) is 5.89. The van der Waals surface area contributed by atoms with Crippen LogP contribution in [0.2, 0.25) is 0 Å². The minimum atomic E-state index is -1.07. The number of nitrogens with one attached hydrogen (secondary N) is 1. The van der Waals surface area contributed by atoms with E-state index in [1.165, 1.54) is 11.3 Å². The van der Waals surface area contributed by atoms with Gasteiger partial charge >= 0.3 is 5.97 Å². The van der Waals surface area contributed by atoms with Crippen LogP contribution >= 0.6 is 11.3 Å². The molecule has 2 aromatic carbocycles. The summed E-state index contributed by atoms with van der Waals surface area (Å²) in [5.41, 5.74) is 2.27. The number of rotatable bonds is 7. The van der Waals surface area contributed by atoms with Gasteiger partial charge in [0.05, 0.1) is 17.7 Å². The Hall–Kier alpha value is -3.38. The van der Waals surface area contributed by atoms with Crippen LogP contribution < -0.4 is 10.1 Å². The Morgan fingerprint density at radius 3 is 2.33 bits per heavy atom. The van der Waals surface area contributed by atoms with Gasteiger partial charge in [0.1, 0.15) is 11.3 Å². The number of carboxylic acid groups (broad SMARTS) is 1. The molecule has 0 aliphatic rings. The molecule has 5 nitrogen and oxygen atoms in total. The molecule has 2 N–H and O–H groups in total. The van der Waals surface area contributed by atoms with Crippen molar-refractivity contribution in [3.63, 3.8) is 0 Å². The van der Waals surface area contributed by atoms with Crippen molar-refractivity contribution in [2.24, 2.45) is 0 Å². The standard InChI is InChI=1S/C21H19NO4S.C3H6/c1-26-16-10-8-15(9-11-16)20-19(21(24)25)17(13-27-20)22-18(23)12-7-14-5-3-2-4-6-14;1-3-2/h2-6,8-11,13H,7,12H2,1H3,(H,22,23)(H,24,25);3H,1H2,2H3. The van der Waals surface area contributed by atoms with Crippen LogP contribution in [-0.2, 0) is 11.2 Å². The zero-order chi connectivity index (χ0) is 21.9. The fourth-order valence-corrected chi connectivity index (χ4v) is 3.73. The molecule has 1 heterocycles. The Morgan fingerprint density at radius 2 is 1.77 bits per heavy atom. The molecule has 1 aromatic heterocycles. The Bertz CT molecular complexity index is 978. The summed E-state index contributed by atoms with van der Waals surface area (Å²) in [7, 11) is 1.58. The van der Waals surface area contributed by atoms with Gasteiger partial charge in [0.15, 0.2) is 0 Å². The monoisotopic (exact) mass is 423 g/mol. The first-order valence-corrected chi connectivity index (χ1v) is 10.3. The highest BCUT2D eigenvalue weighted by Gasteiger charge is 2.21. The number of carbonyl (C=O) groups is 2. The van der Waals surface area contributed by atoms with Gasteiger partial charge in [0, 0.05) is 11.8 Å². The average Bonchev–Trinajstić information content (AvgIpc) is 3.17. The lowest BCUT2D eigenvalue weighted by molar-refractivity contribution is -0.116. The summed E-state index contributed by atoms with van der Waals surface area (Å²) in [6, 6.07) is 16.9. The van der Waals surface area contributed by atoms with Gasteiger partial charge in [-0.15, -0.1) is 17.9 Å². The van der Waals surface area contributed by atoms with Gasteiger partial charge in [-0.3, -0.25) is 4.79 Å². The third kappa shape index (κ3) is 6.32. The van der Waals surface area contributed by atoms with E-state index in [1.807, 2.05) is 37.3 Å². The van der Waals surface area contributed by atoms with Crippen LogP contribution in [0.25, 0.3) is 10.4 Å². The largest absolute Gasteiger partial charge is 0.497 e. The second kappa shape index (κ2) is 11.6. The van der Waals surface area contributed by atoms with E-state index in [0.29, 0.717) is 22.7 Å². The third-order valence-corrected chi connectivity index (χ3v) is 5.14. The molecule has 3 rings (SSSR count). The molecule has 0 fully saturated rings. The number of methoxy groups -OCH3 is 1. The summed E-state index contributed by atoms with van der Waals surface area (Å²) >= 11 is 1.29. The van der Waals surface area contributed by atoms with Crippen molar-refractivity contribution in [3.05, 3.63) is 83.8 Å². The lowest BCUT2D eigenvalue weighted by Crippen LogP contribution is -2.14. The van der Waals surface area contributed by atoms with E-state index < -0.39 is 5.97 Å². The van der Waals surface area contributed by atoms with Gasteiger partial charge in [0.2, 0.25) is 5.91 Å². The van der Waals surface area contributed by atoms with Crippen molar-refractivity contribution in [2.45, 2.75) is 19.8 Å². The number of aryl methyl sites for hydroxylation is 1. The fraction of sp³-hybridized carbons (Fsp3) is 0.167. The molecule has 0 saturated carbocycles. The van der Waals surface area contributed by atoms with Crippen molar-refractivity contribution in [1.29, 1.82) is 0 Å². The number of anilines is 1. The molecule has 0 aliphatic carbocycles. The Morgan fingerprint density at radius 1 is 1.13 bits per heavy atom. The van der Waals surface area contributed by atoms with Crippen LogP contribution in [0.5, 0.6) is 5.75 Å². The molecule has 1 amide bonds. The number of carbonyl (C=O) groups excluding carboxylic acids is 1. The first-order chi connectivity index (χ1) is 14.5. The van der Waals surface area contributed by atoms with Crippen LogP contribution in [0.4, 0.5) is 5.69 Å². The average molecular weight is 424 g/mol. The van der Waals surface area contributed by atoms with Crippen LogP contribution in [-0.4, -0.2) is 24.1 Å². The summed E-state index contributed by atoms with van der Waals surface area (Å²) in [5, 5.41) is 14.1. The van der Waals surface area contributed by atoms with E-state index in [9.17, 15) is 14.7 Å². The van der Waals surface area contributed by atoms with E-state index >= 15 is 0 Å². The quantitative estimate of drug-likeness (QED) is 0.465. The van der Waals surface area contributed by atoms with Gasteiger partial charge < -0.3 is 15.2 Å². The zero-order valence-corrected chi connectivity index (χ0v) is 17.9. The highest BCUT2D eigenvalue weighted by atomic mass is 32.1. The van der Waals surface area contributed by atoms with Gasteiger partial charge in [0.25, 0.3) is 0 Å². The fourth-order valence-electron chi connectivity index (χ4n) is 2.73. The van der Waals surface area contributed by atoms with Gasteiger partial charge in [-0.05, 0) is 48.7 Å². The maximum absolute atomic E-state index is 12.3. The molecular formula is C24H25NO4S. The number of thiophene rings is 1. The summed E-state index contributed by atoms with van der Waals surface area (Å²) < 4.78 is 5.13. The topological polar surface area (TPSA) is 75.6 Å². The molecule has 0 unspecified atom stereocenters. The molecule has 0 bridgehead atoms. The van der Waals surface area contributed by atoms with E-state index in [4.69, 9.17) is 4.74 Å². The molecule has 3 aromatic rings. The lowest BCUT2D eigenvalue weighted by atomic mass is 10.1. The number of ether oxygens (including phenoxy) is 1. The molecule has 6 heteroatoms. The number of allylic oxidation sites excluding steroid dienone is 1. The van der Waals surface area contributed by atoms with Crippen molar-refractivity contribution in [1.82, 2.24) is 0 Å². The van der Waals surface area contributed by atoms with Crippen LogP contribution in [0.3, 0.4) is 0 Å². The number of aromatic carboxylic acids is 1. The lowest BCUT2D eigenvalue weighted by Gasteiger charge is -2.07. The number of carboxylic acids is 1. The third-order valence-electron chi connectivity index (χ3n) is 4.11. The van der Waals surface area contributed by atoms with Gasteiger partial charge in [-0.25, -0.2) is 4.79 Å². The van der Waals surface area contributed by atoms with Crippen molar-refractivity contribution in [2.75, 3.05) is 12.4 Å². The number of benzene rings is 2. The molecule has 30 heavy (non-hydrogen) atoms. The Balaban J connectivity index is 0.00000101. The molecule has 0 atom stereocenters. The van der Waals surface area contributed by atoms with Crippen molar-refractivity contribution in [3.8, 4) is 16.2 Å². The second-order valence-corrected chi connectivity index (χ2v) is 7.21. The summed E-state index contributed by atoms with van der Waals surface area (Å²) in [6.07, 6.45) is 2.64. The SMILES string of the molecule is C=CC.COc1ccc(-c2scc(NC(=O)CCc3ccccc3)c2C(=O)O)cc1. The Labute approximate surface area is 180 Å². The van der Waals surface area contributed by atoms with Gasteiger partial charge in [-0.1, -0.05) is 36.4 Å². The molecule has 0 radical (unpaired) electrons. The predicted molar refractivity (Wildman–Crippen MR) is 123 cm³/mol. The number of amides is 1. The van der Waals surface area contributed by atoms with Crippen LogP contribution in [0.1, 0.15) is 29.3 Å². The van der Waals surface area contributed by atoms with Crippen LogP contribution in [0, 0.1) is 0 Å². The highest BCUT2D eigenvalue weighted by molar-refractivity contribution is 7.14. The van der Waals surface area contributed by atoms with Crippen LogP contribution in [0.15, 0.2) is 72.6 Å². The maximum Gasteiger partial charge on any atom is 0.339 e. The summed E-state index contributed by atoms with van der Waals surface area (Å²) in [4.78, 5) is 24.7. The molecule has 0 saturated heterocycles. The first-order valence-electron chi connectivity index (χ1n) is 9.40. The number of hydrogen-bond acceptors (Lipinski definition) is 4. The van der Waals surface area contributed by atoms with Gasteiger partial charge in [-0.2, -0.15) is 0 Å². The van der Waals surface area contributed by atoms with E-state index in [-0.39, 0.29) is 17.9 Å². The normalized spacial score (nSPS) is 9.80. The summed E-state index contributed by atoms with van der Waals surface area (Å²) in [5.74, 6) is -0.581. The highest BCUT2D eigenvalue weighted by Crippen LogP contribution is 2.36. The molecule has 156 valence electrons. The second-order valence-electron chi connectivity index (χ2n) is 6.33. The number of hydrogen-bond donors (Lipinski definition) is 2. The molecular weight excluding hydrogens is 398 g/mol. The first kappa shape index (κ1) is 22.9. The molecule has 0 spiro atoms. The van der Waals surface area contributed by atoms with Crippen molar-refractivity contribution >= 4 is 28.9 Å². The molecule has 0 aliphatic heterocycles. The maximum atomic E-state index is 12.3. The van der Waals surface area contributed by atoms with E-state index in [0.717, 1.165) is 11.1 Å². The van der Waals surface area contributed by atoms with E-state index in [2.05, 4.69) is 11.9 Å². The minimum absolute atomic E-state index is 0.109. The smallest absolute Gasteiger partial charge is 0.339 e. The zero-order valence-electron chi connectivity index (χ0n) is 17.1. The summed E-state index contributed by atoms with van der Waals surface area (Å²) in [6.45, 7) is 5.25. The minimum Gasteiger partial charge on any atom is -0.497 e. The Kier molecular flexibility index (Phi) is 8.84.